The van der Waals surface area contributed by atoms with Crippen LogP contribution in [0.25, 0.3) is 11.1 Å². The number of benzene rings is 2. The molecule has 1 saturated carbocycles. The molecule has 48 heavy (non-hydrogen) atoms. The van der Waals surface area contributed by atoms with Crippen LogP contribution in [0.3, 0.4) is 0 Å². The third-order valence-electron chi connectivity index (χ3n) is 9.80. The number of cyclic esters (lactones) is 1. The molecule has 1 amide bonds. The van der Waals surface area contributed by atoms with Gasteiger partial charge in [-0.05, 0) is 80.8 Å². The molecule has 0 spiro atoms. The second kappa shape index (κ2) is 13.5. The van der Waals surface area contributed by atoms with Crippen LogP contribution >= 0.6 is 11.6 Å². The number of alkyl halides is 3. The molecule has 0 unspecified atom stereocenters. The fourth-order valence-corrected chi connectivity index (χ4v) is 7.17. The maximum absolute atomic E-state index is 13.6. The second-order valence-corrected chi connectivity index (χ2v) is 13.3. The number of esters is 1. The standard InChI is InChI=1S/C35H38ClF3N4O5/c1-19-11-24(13-25(12-19)35(37,38)39)31-20(2)43(34(45)48-31)18-30-28(15-40-33(41-30)42-16-26(17-42)46-3)27-14-23(9-10-29(27)36)21-5-7-22(8-6-21)32(44)47-4/h9-15,20-22,26,31H,5-8,16-18H2,1-4H3/t20-,21?,22?,31-/m0/s1. The minimum atomic E-state index is -4.54. The van der Waals surface area contributed by atoms with E-state index in [-0.39, 0.29) is 36.0 Å². The maximum Gasteiger partial charge on any atom is 0.416 e. The number of carbonyl (C=O) groups excluding carboxylic acids is 2. The van der Waals surface area contributed by atoms with Crippen LogP contribution in [0.1, 0.15) is 72.6 Å². The first-order chi connectivity index (χ1) is 22.9. The summed E-state index contributed by atoms with van der Waals surface area (Å²) in [5.74, 6) is 0.422. The van der Waals surface area contributed by atoms with Crippen LogP contribution in [-0.4, -0.2) is 66.4 Å². The van der Waals surface area contributed by atoms with Gasteiger partial charge in [-0.15, -0.1) is 0 Å². The lowest BCUT2D eigenvalue weighted by atomic mass is 9.78. The summed E-state index contributed by atoms with van der Waals surface area (Å²) in [6.07, 6.45) is -1.22. The molecule has 2 atom stereocenters. The van der Waals surface area contributed by atoms with Gasteiger partial charge in [0.15, 0.2) is 0 Å². The molecule has 2 saturated heterocycles. The van der Waals surface area contributed by atoms with Gasteiger partial charge in [-0.1, -0.05) is 29.3 Å². The van der Waals surface area contributed by atoms with Crippen molar-refractivity contribution in [1.29, 1.82) is 0 Å². The fraction of sp³-hybridized carbons (Fsp3) is 0.486. The number of aromatic nitrogens is 2. The summed E-state index contributed by atoms with van der Waals surface area (Å²) in [6.45, 7) is 4.58. The van der Waals surface area contributed by atoms with Gasteiger partial charge in [-0.2, -0.15) is 13.2 Å². The lowest BCUT2D eigenvalue weighted by molar-refractivity contribution is -0.146. The van der Waals surface area contributed by atoms with Gasteiger partial charge >= 0.3 is 18.2 Å². The summed E-state index contributed by atoms with van der Waals surface area (Å²) in [5, 5.41) is 0.484. The Bertz CT molecular complexity index is 1690. The number of hydrogen-bond acceptors (Lipinski definition) is 8. The highest BCUT2D eigenvalue weighted by atomic mass is 35.5. The Kier molecular flexibility index (Phi) is 9.59. The van der Waals surface area contributed by atoms with E-state index >= 15 is 0 Å². The number of aryl methyl sites for hydroxylation is 1. The number of amides is 1. The maximum atomic E-state index is 13.6. The third-order valence-corrected chi connectivity index (χ3v) is 10.1. The molecule has 3 heterocycles. The molecule has 0 N–H and O–H groups in total. The van der Waals surface area contributed by atoms with E-state index in [1.165, 1.54) is 12.0 Å². The van der Waals surface area contributed by atoms with Crippen molar-refractivity contribution in [3.8, 4) is 11.1 Å². The van der Waals surface area contributed by atoms with Crippen molar-refractivity contribution >= 4 is 29.6 Å². The van der Waals surface area contributed by atoms with Gasteiger partial charge in [0.25, 0.3) is 0 Å². The number of hydrogen-bond donors (Lipinski definition) is 0. The van der Waals surface area contributed by atoms with E-state index in [2.05, 4.69) is 4.98 Å². The fourth-order valence-electron chi connectivity index (χ4n) is 6.95. The lowest BCUT2D eigenvalue weighted by Gasteiger charge is -2.38. The zero-order chi connectivity index (χ0) is 34.3. The molecule has 0 radical (unpaired) electrons. The molecule has 1 aromatic heterocycles. The molecule has 3 aromatic rings. The van der Waals surface area contributed by atoms with Crippen LogP contribution < -0.4 is 4.90 Å². The molecular weight excluding hydrogens is 649 g/mol. The molecule has 3 fully saturated rings. The average molecular weight is 687 g/mol. The third kappa shape index (κ3) is 6.82. The molecular formula is C35H38ClF3N4O5. The van der Waals surface area contributed by atoms with Crippen molar-refractivity contribution in [2.45, 2.75) is 76.4 Å². The largest absolute Gasteiger partial charge is 0.469 e. The number of nitrogens with zero attached hydrogens (tertiary/aromatic N) is 4. The molecule has 6 rings (SSSR count). The highest BCUT2D eigenvalue weighted by Crippen LogP contribution is 2.42. The second-order valence-electron chi connectivity index (χ2n) is 12.9. The van der Waals surface area contributed by atoms with Crippen LogP contribution in [0.4, 0.5) is 23.9 Å². The van der Waals surface area contributed by atoms with E-state index in [9.17, 15) is 22.8 Å². The van der Waals surface area contributed by atoms with Gasteiger partial charge in [0, 0.05) is 42.5 Å². The first kappa shape index (κ1) is 34.0. The Balaban J connectivity index is 1.32. The highest BCUT2D eigenvalue weighted by molar-refractivity contribution is 6.33. The summed E-state index contributed by atoms with van der Waals surface area (Å²) in [4.78, 5) is 38.4. The van der Waals surface area contributed by atoms with E-state index in [4.69, 9.17) is 30.8 Å². The van der Waals surface area contributed by atoms with Gasteiger partial charge in [-0.3, -0.25) is 9.69 Å². The van der Waals surface area contributed by atoms with E-state index in [0.29, 0.717) is 46.4 Å². The van der Waals surface area contributed by atoms with Gasteiger partial charge in [0.2, 0.25) is 5.95 Å². The predicted octanol–water partition coefficient (Wildman–Crippen LogP) is 7.49. The van der Waals surface area contributed by atoms with E-state index in [1.807, 2.05) is 23.1 Å². The summed E-state index contributed by atoms with van der Waals surface area (Å²) in [7, 11) is 3.06. The van der Waals surface area contributed by atoms with Crippen LogP contribution in [0.15, 0.2) is 42.6 Å². The summed E-state index contributed by atoms with van der Waals surface area (Å²) in [6, 6.07) is 8.99. The zero-order valence-corrected chi connectivity index (χ0v) is 28.0. The van der Waals surface area contributed by atoms with Gasteiger partial charge < -0.3 is 19.1 Å². The molecule has 13 heteroatoms. The predicted molar refractivity (Wildman–Crippen MR) is 173 cm³/mol. The Morgan fingerprint density at radius 2 is 1.77 bits per heavy atom. The van der Waals surface area contributed by atoms with Crippen molar-refractivity contribution < 1.29 is 37.0 Å². The molecule has 9 nitrogen and oxygen atoms in total. The van der Waals surface area contributed by atoms with E-state index in [0.717, 1.165) is 43.4 Å². The Morgan fingerprint density at radius 1 is 1.04 bits per heavy atom. The van der Waals surface area contributed by atoms with E-state index in [1.54, 1.807) is 33.2 Å². The average Bonchev–Trinajstić information content (AvgIpc) is 3.32. The number of rotatable bonds is 8. The Hall–Kier alpha value is -3.90. The molecule has 3 aliphatic rings. The number of ether oxygens (including phenoxy) is 3. The van der Waals surface area contributed by atoms with Crippen molar-refractivity contribution in [2.24, 2.45) is 5.92 Å². The van der Waals surface area contributed by atoms with Crippen molar-refractivity contribution in [2.75, 3.05) is 32.2 Å². The summed E-state index contributed by atoms with van der Waals surface area (Å²) in [5.41, 5.74) is 2.84. The zero-order valence-electron chi connectivity index (χ0n) is 27.2. The smallest absolute Gasteiger partial charge is 0.416 e. The number of methoxy groups -OCH3 is 2. The Labute approximate surface area is 282 Å². The Morgan fingerprint density at radius 3 is 2.44 bits per heavy atom. The van der Waals surface area contributed by atoms with Crippen molar-refractivity contribution in [3.05, 3.63) is 75.6 Å². The van der Waals surface area contributed by atoms with Crippen molar-refractivity contribution in [1.82, 2.24) is 14.9 Å². The number of carbonyl (C=O) groups is 2. The SMILES string of the molecule is COC(=O)C1CCC(c2ccc(Cl)c(-c3cnc(N4CC(OC)C4)nc3CN3C(=O)O[C@H](c4cc(C)cc(C(F)(F)F)c4)[C@@H]3C)c2)CC1. The van der Waals surface area contributed by atoms with Gasteiger partial charge in [-0.25, -0.2) is 14.8 Å². The topological polar surface area (TPSA) is 94.1 Å². The van der Waals surface area contributed by atoms with E-state index < -0.39 is 30.0 Å². The molecule has 0 bridgehead atoms. The first-order valence-electron chi connectivity index (χ1n) is 16.0. The lowest BCUT2D eigenvalue weighted by Crippen LogP contribution is -2.52. The number of anilines is 1. The van der Waals surface area contributed by atoms with Crippen molar-refractivity contribution in [3.63, 3.8) is 0 Å². The summed E-state index contributed by atoms with van der Waals surface area (Å²) >= 11 is 6.81. The normalized spacial score (nSPS) is 23.2. The highest BCUT2D eigenvalue weighted by Gasteiger charge is 2.42. The van der Waals surface area contributed by atoms with Crippen LogP contribution in [0, 0.1) is 12.8 Å². The molecule has 256 valence electrons. The first-order valence-corrected chi connectivity index (χ1v) is 16.4. The van der Waals surface area contributed by atoms with Gasteiger partial charge in [0.1, 0.15) is 6.10 Å². The molecule has 1 aliphatic carbocycles. The minimum Gasteiger partial charge on any atom is -0.469 e. The van der Waals surface area contributed by atoms with Crippen LogP contribution in [0.5, 0.6) is 0 Å². The summed E-state index contributed by atoms with van der Waals surface area (Å²) < 4.78 is 57.0. The molecule has 2 aromatic carbocycles. The quantitative estimate of drug-likeness (QED) is 0.225. The monoisotopic (exact) mass is 686 g/mol. The van der Waals surface area contributed by atoms with Crippen LogP contribution in [0.2, 0.25) is 5.02 Å². The van der Waals surface area contributed by atoms with Crippen LogP contribution in [-0.2, 0) is 31.7 Å². The molecule has 2 aliphatic heterocycles. The number of halogens is 4. The minimum absolute atomic E-state index is 0.0195. The van der Waals surface area contributed by atoms with Gasteiger partial charge in [0.05, 0.1) is 43.0 Å².